The lowest BCUT2D eigenvalue weighted by atomic mass is 10.0. The summed E-state index contributed by atoms with van der Waals surface area (Å²) in [6.45, 7) is 3.91. The molecule has 0 bridgehead atoms. The molecule has 0 aliphatic carbocycles. The van der Waals surface area contributed by atoms with Crippen LogP contribution >= 0.6 is 34.8 Å². The molecule has 2 atom stereocenters. The van der Waals surface area contributed by atoms with E-state index < -0.39 is 0 Å². The van der Waals surface area contributed by atoms with Crippen LogP contribution in [0.5, 0.6) is 5.75 Å². The Hall–Kier alpha value is -0.930. The van der Waals surface area contributed by atoms with Gasteiger partial charge in [0, 0.05) is 12.1 Å². The number of rotatable bonds is 4. The molecule has 0 aromatic heterocycles. The molecular weight excluding hydrogens is 329 g/mol. The number of benzene rings is 2. The molecular formula is C16H16Cl3NO. The molecule has 0 aliphatic rings. The van der Waals surface area contributed by atoms with Crippen LogP contribution in [0.25, 0.3) is 0 Å². The van der Waals surface area contributed by atoms with Crippen LogP contribution < -0.4 is 10.5 Å². The van der Waals surface area contributed by atoms with Gasteiger partial charge in [0.1, 0.15) is 11.9 Å². The van der Waals surface area contributed by atoms with Crippen LogP contribution in [-0.4, -0.2) is 6.04 Å². The highest BCUT2D eigenvalue weighted by Crippen LogP contribution is 2.36. The van der Waals surface area contributed by atoms with Gasteiger partial charge in [0.05, 0.1) is 15.1 Å². The van der Waals surface area contributed by atoms with E-state index in [0.717, 1.165) is 5.56 Å². The van der Waals surface area contributed by atoms with Gasteiger partial charge in [-0.3, -0.25) is 0 Å². The highest BCUT2D eigenvalue weighted by atomic mass is 35.5. The van der Waals surface area contributed by atoms with E-state index in [0.29, 0.717) is 20.8 Å². The van der Waals surface area contributed by atoms with Crippen LogP contribution in [0.4, 0.5) is 0 Å². The van der Waals surface area contributed by atoms with Gasteiger partial charge in [-0.25, -0.2) is 0 Å². The van der Waals surface area contributed by atoms with Gasteiger partial charge < -0.3 is 10.5 Å². The van der Waals surface area contributed by atoms with Crippen LogP contribution in [0.15, 0.2) is 36.4 Å². The molecule has 0 radical (unpaired) electrons. The first-order valence-corrected chi connectivity index (χ1v) is 7.65. The fourth-order valence-corrected chi connectivity index (χ4v) is 2.55. The van der Waals surface area contributed by atoms with E-state index in [9.17, 15) is 0 Å². The molecule has 5 heteroatoms. The molecule has 0 saturated heterocycles. The van der Waals surface area contributed by atoms with Gasteiger partial charge in [-0.1, -0.05) is 64.6 Å². The molecule has 0 saturated carbocycles. The summed E-state index contributed by atoms with van der Waals surface area (Å²) in [5, 5.41) is 1.19. The molecule has 0 aliphatic heterocycles. The zero-order valence-corrected chi connectivity index (χ0v) is 14.0. The summed E-state index contributed by atoms with van der Waals surface area (Å²) in [5.74, 6) is 0.467. The van der Waals surface area contributed by atoms with Gasteiger partial charge in [-0.15, -0.1) is 0 Å². The Balaban J connectivity index is 2.33. The molecule has 0 fully saturated rings. The molecule has 112 valence electrons. The standard InChI is InChI=1S/C16H16Cl3NO/c1-9-3-5-11(6-4-9)16(10(2)20)21-15-8-13(18)12(17)7-14(15)19/h3-8,10,16H,20H2,1-2H3. The van der Waals surface area contributed by atoms with Crippen LogP contribution in [0.3, 0.4) is 0 Å². The Labute approximate surface area is 139 Å². The number of hydrogen-bond acceptors (Lipinski definition) is 2. The number of nitrogens with two attached hydrogens (primary N) is 1. The minimum Gasteiger partial charge on any atom is -0.482 e. The van der Waals surface area contributed by atoms with Crippen molar-refractivity contribution in [1.29, 1.82) is 0 Å². The minimum absolute atomic E-state index is 0.210. The Kier molecular flexibility index (Phi) is 5.39. The largest absolute Gasteiger partial charge is 0.482 e. The summed E-state index contributed by atoms with van der Waals surface area (Å²) in [7, 11) is 0. The first-order valence-electron chi connectivity index (χ1n) is 6.52. The Morgan fingerprint density at radius 2 is 1.52 bits per heavy atom. The topological polar surface area (TPSA) is 35.2 Å². The summed E-state index contributed by atoms with van der Waals surface area (Å²) in [6, 6.07) is 11.0. The molecule has 2 aromatic rings. The van der Waals surface area contributed by atoms with E-state index in [1.54, 1.807) is 12.1 Å². The van der Waals surface area contributed by atoms with E-state index in [4.69, 9.17) is 45.3 Å². The van der Waals surface area contributed by atoms with E-state index >= 15 is 0 Å². The minimum atomic E-state index is -0.319. The lowest BCUT2D eigenvalue weighted by Gasteiger charge is -2.24. The van der Waals surface area contributed by atoms with Crippen LogP contribution in [0.2, 0.25) is 15.1 Å². The fourth-order valence-electron chi connectivity index (χ4n) is 1.97. The molecule has 2 nitrogen and oxygen atoms in total. The van der Waals surface area contributed by atoms with Crippen LogP contribution in [-0.2, 0) is 0 Å². The van der Waals surface area contributed by atoms with Crippen molar-refractivity contribution in [2.75, 3.05) is 0 Å². The molecule has 2 N–H and O–H groups in total. The lowest BCUT2D eigenvalue weighted by Crippen LogP contribution is -2.29. The summed E-state index contributed by atoms with van der Waals surface area (Å²) < 4.78 is 5.97. The molecule has 0 spiro atoms. The van der Waals surface area contributed by atoms with Crippen molar-refractivity contribution in [3.05, 3.63) is 62.6 Å². The van der Waals surface area contributed by atoms with Gasteiger partial charge in [0.15, 0.2) is 0 Å². The molecule has 2 unspecified atom stereocenters. The first-order chi connectivity index (χ1) is 9.88. The number of aryl methyl sites for hydroxylation is 1. The van der Waals surface area contributed by atoms with Crippen molar-refractivity contribution in [3.8, 4) is 5.75 Å². The second-order valence-corrected chi connectivity index (χ2v) is 6.23. The van der Waals surface area contributed by atoms with Crippen molar-refractivity contribution < 1.29 is 4.74 Å². The van der Waals surface area contributed by atoms with Gasteiger partial charge in [-0.2, -0.15) is 0 Å². The van der Waals surface area contributed by atoms with Gasteiger partial charge in [0.25, 0.3) is 0 Å². The number of hydrogen-bond donors (Lipinski definition) is 1. The Morgan fingerprint density at radius 1 is 0.952 bits per heavy atom. The maximum absolute atomic E-state index is 6.15. The quantitative estimate of drug-likeness (QED) is 0.751. The third-order valence-electron chi connectivity index (χ3n) is 3.11. The number of ether oxygens (including phenoxy) is 1. The van der Waals surface area contributed by atoms with E-state index in [1.165, 1.54) is 5.56 Å². The number of halogens is 3. The highest BCUT2D eigenvalue weighted by molar-refractivity contribution is 6.43. The van der Waals surface area contributed by atoms with Gasteiger partial charge >= 0.3 is 0 Å². The van der Waals surface area contributed by atoms with Crippen molar-refractivity contribution in [2.24, 2.45) is 5.73 Å². The van der Waals surface area contributed by atoms with E-state index in [2.05, 4.69) is 0 Å². The van der Waals surface area contributed by atoms with Gasteiger partial charge in [-0.05, 0) is 25.5 Å². The van der Waals surface area contributed by atoms with Crippen molar-refractivity contribution in [2.45, 2.75) is 26.0 Å². The van der Waals surface area contributed by atoms with Crippen molar-refractivity contribution in [3.63, 3.8) is 0 Å². The molecule has 2 aromatic carbocycles. The maximum Gasteiger partial charge on any atom is 0.140 e. The maximum atomic E-state index is 6.15. The second kappa shape index (κ2) is 6.89. The molecule has 21 heavy (non-hydrogen) atoms. The van der Waals surface area contributed by atoms with Crippen LogP contribution in [0, 0.1) is 6.92 Å². The van der Waals surface area contributed by atoms with Crippen molar-refractivity contribution in [1.82, 2.24) is 0 Å². The first kappa shape index (κ1) is 16.4. The lowest BCUT2D eigenvalue weighted by molar-refractivity contribution is 0.180. The highest BCUT2D eigenvalue weighted by Gasteiger charge is 2.20. The molecule has 0 amide bonds. The van der Waals surface area contributed by atoms with E-state index in [1.807, 2.05) is 38.1 Å². The fraction of sp³-hybridized carbons (Fsp3) is 0.250. The summed E-state index contributed by atoms with van der Waals surface area (Å²) in [6.07, 6.45) is -0.319. The zero-order valence-electron chi connectivity index (χ0n) is 11.7. The third kappa shape index (κ3) is 4.04. The Morgan fingerprint density at radius 3 is 2.10 bits per heavy atom. The van der Waals surface area contributed by atoms with Crippen molar-refractivity contribution >= 4 is 34.8 Å². The average Bonchev–Trinajstić information content (AvgIpc) is 2.42. The normalized spacial score (nSPS) is 13.8. The van der Waals surface area contributed by atoms with Crippen LogP contribution in [0.1, 0.15) is 24.2 Å². The predicted molar refractivity (Wildman–Crippen MR) is 89.7 cm³/mol. The molecule has 2 rings (SSSR count). The predicted octanol–water partition coefficient (Wildman–Crippen LogP) is 5.42. The monoisotopic (exact) mass is 343 g/mol. The van der Waals surface area contributed by atoms with Gasteiger partial charge in [0.2, 0.25) is 0 Å². The van der Waals surface area contributed by atoms with E-state index in [-0.39, 0.29) is 12.1 Å². The smallest absolute Gasteiger partial charge is 0.140 e. The average molecular weight is 345 g/mol. The Bertz CT molecular complexity index is 626. The third-order valence-corrected chi connectivity index (χ3v) is 4.13. The second-order valence-electron chi connectivity index (χ2n) is 5.00. The summed E-state index contributed by atoms with van der Waals surface area (Å²) >= 11 is 18.1. The summed E-state index contributed by atoms with van der Waals surface area (Å²) in [4.78, 5) is 0. The zero-order chi connectivity index (χ0) is 15.6. The summed E-state index contributed by atoms with van der Waals surface area (Å²) in [5.41, 5.74) is 8.21. The molecule has 0 heterocycles. The SMILES string of the molecule is Cc1ccc(C(Oc2cc(Cl)c(Cl)cc2Cl)C(C)N)cc1.